The van der Waals surface area contributed by atoms with Crippen LogP contribution >= 0.6 is 11.6 Å². The molecule has 7 nitrogen and oxygen atoms in total. The molecule has 1 atom stereocenters. The molecule has 11 heteroatoms. The van der Waals surface area contributed by atoms with Gasteiger partial charge in [-0.15, -0.1) is 0 Å². The van der Waals surface area contributed by atoms with Crippen molar-refractivity contribution < 1.29 is 26.0 Å². The van der Waals surface area contributed by atoms with E-state index < -0.39 is 30.9 Å². The molecule has 1 heterocycles. The fourth-order valence-electron chi connectivity index (χ4n) is 3.69. The largest absolute Gasteiger partial charge is 0.337 e. The van der Waals surface area contributed by atoms with E-state index in [2.05, 4.69) is 4.72 Å². The highest BCUT2D eigenvalue weighted by Gasteiger charge is 2.36. The number of anilines is 1. The maximum atomic E-state index is 13.4. The molecular weight excluding hydrogens is 503 g/mol. The number of rotatable bonds is 6. The van der Waals surface area contributed by atoms with Gasteiger partial charge >= 0.3 is 0 Å². The predicted octanol–water partition coefficient (Wildman–Crippen LogP) is 3.97. The van der Waals surface area contributed by atoms with Crippen LogP contribution in [0.1, 0.15) is 16.8 Å². The van der Waals surface area contributed by atoms with Gasteiger partial charge in [-0.25, -0.2) is 21.2 Å². The Morgan fingerprint density at radius 3 is 2.26 bits per heavy atom. The first-order valence-corrected chi connectivity index (χ1v) is 13.6. The number of hydrogen-bond acceptors (Lipinski definition) is 5. The van der Waals surface area contributed by atoms with Crippen molar-refractivity contribution in [2.45, 2.75) is 21.5 Å². The second-order valence-electron chi connectivity index (χ2n) is 7.80. The summed E-state index contributed by atoms with van der Waals surface area (Å²) in [6.45, 7) is 0.335. The highest BCUT2D eigenvalue weighted by atomic mass is 35.5. The minimum absolute atomic E-state index is 0.0533. The third-order valence-corrected chi connectivity index (χ3v) is 9.33. The monoisotopic (exact) mass is 522 g/mol. The number of nitrogens with one attached hydrogen (secondary N) is 1. The number of halogens is 2. The van der Waals surface area contributed by atoms with Crippen LogP contribution in [0.3, 0.4) is 0 Å². The number of hydrogen-bond donors (Lipinski definition) is 1. The van der Waals surface area contributed by atoms with Gasteiger partial charge in [-0.3, -0.25) is 9.52 Å². The zero-order chi connectivity index (χ0) is 24.5. The third-order valence-electron chi connectivity index (χ3n) is 5.50. The molecule has 0 saturated carbocycles. The Bertz CT molecular complexity index is 1430. The third kappa shape index (κ3) is 5.08. The van der Waals surface area contributed by atoms with Crippen LogP contribution in [-0.4, -0.2) is 46.0 Å². The average Bonchev–Trinajstić information content (AvgIpc) is 3.30. The summed E-state index contributed by atoms with van der Waals surface area (Å²) in [7, 11) is -7.61. The highest BCUT2D eigenvalue weighted by Crippen LogP contribution is 2.26. The van der Waals surface area contributed by atoms with E-state index in [4.69, 9.17) is 11.6 Å². The van der Waals surface area contributed by atoms with Crippen molar-refractivity contribution in [3.05, 3.63) is 89.2 Å². The summed E-state index contributed by atoms with van der Waals surface area (Å²) < 4.78 is 66.4. The van der Waals surface area contributed by atoms with Gasteiger partial charge in [0.2, 0.25) is 0 Å². The molecule has 1 aliphatic heterocycles. The Kier molecular flexibility index (Phi) is 6.66. The maximum Gasteiger partial charge on any atom is 0.261 e. The molecule has 0 aliphatic carbocycles. The van der Waals surface area contributed by atoms with E-state index in [0.717, 1.165) is 12.1 Å². The molecule has 1 amide bonds. The van der Waals surface area contributed by atoms with Crippen molar-refractivity contribution in [3.8, 4) is 0 Å². The first-order chi connectivity index (χ1) is 16.1. The Morgan fingerprint density at radius 2 is 1.62 bits per heavy atom. The minimum atomic E-state index is -4.00. The molecule has 0 spiro atoms. The predicted molar refractivity (Wildman–Crippen MR) is 127 cm³/mol. The van der Waals surface area contributed by atoms with Crippen LogP contribution in [0.15, 0.2) is 82.6 Å². The molecule has 1 aliphatic rings. The topological polar surface area (TPSA) is 101 Å². The standard InChI is InChI=1S/C23H20ClFN2O5S2/c24-17-6-10-20(11-7-17)33(29,30)22-12-13-27(15-22)23(28)16-4-8-19(9-5-16)26-34(31,32)21-3-1-2-18(25)14-21/h1-11,14,22,26H,12-13,15H2. The molecule has 0 radical (unpaired) electrons. The Hall–Kier alpha value is -2.95. The molecule has 4 rings (SSSR count). The number of carbonyl (C=O) groups is 1. The van der Waals surface area contributed by atoms with Gasteiger partial charge in [0.05, 0.1) is 15.0 Å². The number of amides is 1. The lowest BCUT2D eigenvalue weighted by atomic mass is 10.2. The van der Waals surface area contributed by atoms with E-state index in [9.17, 15) is 26.0 Å². The van der Waals surface area contributed by atoms with E-state index in [-0.39, 0.29) is 34.5 Å². The highest BCUT2D eigenvalue weighted by molar-refractivity contribution is 7.92. The van der Waals surface area contributed by atoms with Crippen molar-refractivity contribution in [2.24, 2.45) is 0 Å². The van der Waals surface area contributed by atoms with Crippen molar-refractivity contribution in [2.75, 3.05) is 17.8 Å². The van der Waals surface area contributed by atoms with Crippen molar-refractivity contribution >= 4 is 43.1 Å². The summed E-state index contributed by atoms with van der Waals surface area (Å²) in [4.78, 5) is 14.3. The van der Waals surface area contributed by atoms with Gasteiger partial charge in [0.15, 0.2) is 9.84 Å². The summed E-state index contributed by atoms with van der Waals surface area (Å²) in [5.41, 5.74) is 0.490. The van der Waals surface area contributed by atoms with Gasteiger partial charge in [-0.05, 0) is 73.2 Å². The van der Waals surface area contributed by atoms with E-state index in [1.165, 1.54) is 65.6 Å². The summed E-state index contributed by atoms with van der Waals surface area (Å²) >= 11 is 5.84. The molecule has 1 saturated heterocycles. The number of nitrogens with zero attached hydrogens (tertiary/aromatic N) is 1. The number of benzene rings is 3. The summed E-state index contributed by atoms with van der Waals surface area (Å²) in [6, 6.07) is 16.3. The van der Waals surface area contributed by atoms with Crippen LogP contribution in [0.2, 0.25) is 5.02 Å². The number of sulfone groups is 1. The fourth-order valence-corrected chi connectivity index (χ4v) is 6.60. The lowest BCUT2D eigenvalue weighted by Gasteiger charge is -2.17. The normalized spacial score (nSPS) is 16.4. The van der Waals surface area contributed by atoms with Gasteiger partial charge in [0, 0.05) is 29.4 Å². The molecular formula is C23H20ClFN2O5S2. The fraction of sp³-hybridized carbons (Fsp3) is 0.174. The molecule has 178 valence electrons. The van der Waals surface area contributed by atoms with E-state index in [1.807, 2.05) is 0 Å². The molecule has 3 aromatic carbocycles. The van der Waals surface area contributed by atoms with Gasteiger partial charge in [-0.2, -0.15) is 0 Å². The molecule has 0 bridgehead atoms. The van der Waals surface area contributed by atoms with E-state index in [1.54, 1.807) is 0 Å². The smallest absolute Gasteiger partial charge is 0.261 e. The van der Waals surface area contributed by atoms with E-state index >= 15 is 0 Å². The minimum Gasteiger partial charge on any atom is -0.337 e. The van der Waals surface area contributed by atoms with Gasteiger partial charge in [0.1, 0.15) is 5.82 Å². The van der Waals surface area contributed by atoms with Crippen molar-refractivity contribution in [1.29, 1.82) is 0 Å². The Labute approximate surface area is 202 Å². The summed E-state index contributed by atoms with van der Waals surface area (Å²) in [5, 5.41) is -0.293. The van der Waals surface area contributed by atoms with Gasteiger partial charge in [0.25, 0.3) is 15.9 Å². The summed E-state index contributed by atoms with van der Waals surface area (Å²) in [6.07, 6.45) is 0.308. The number of likely N-dealkylation sites (tertiary alicyclic amines) is 1. The maximum absolute atomic E-state index is 13.4. The summed E-state index contributed by atoms with van der Waals surface area (Å²) in [5.74, 6) is -1.03. The van der Waals surface area contributed by atoms with Crippen LogP contribution in [-0.2, 0) is 19.9 Å². The number of sulfonamides is 1. The molecule has 34 heavy (non-hydrogen) atoms. The lowest BCUT2D eigenvalue weighted by molar-refractivity contribution is 0.0793. The van der Waals surface area contributed by atoms with Gasteiger partial charge in [-0.1, -0.05) is 17.7 Å². The SMILES string of the molecule is O=C(c1ccc(NS(=O)(=O)c2cccc(F)c2)cc1)N1CCC(S(=O)(=O)c2ccc(Cl)cc2)C1. The van der Waals surface area contributed by atoms with Crippen molar-refractivity contribution in [3.63, 3.8) is 0 Å². The zero-order valence-corrected chi connectivity index (χ0v) is 20.1. The second kappa shape index (κ2) is 9.36. The molecule has 0 aromatic heterocycles. The van der Waals surface area contributed by atoms with Crippen molar-refractivity contribution in [1.82, 2.24) is 4.90 Å². The first kappa shape index (κ1) is 24.2. The molecule has 1 N–H and O–H groups in total. The van der Waals surface area contributed by atoms with Crippen LogP contribution in [0.4, 0.5) is 10.1 Å². The Morgan fingerprint density at radius 1 is 0.941 bits per heavy atom. The molecule has 3 aromatic rings. The van der Waals surface area contributed by atoms with Crippen LogP contribution < -0.4 is 4.72 Å². The van der Waals surface area contributed by atoms with E-state index in [0.29, 0.717) is 17.0 Å². The second-order valence-corrected chi connectivity index (χ2v) is 12.1. The molecule has 1 unspecified atom stereocenters. The first-order valence-electron chi connectivity index (χ1n) is 10.2. The molecule has 1 fully saturated rings. The number of carbonyl (C=O) groups excluding carboxylic acids is 1. The van der Waals surface area contributed by atoms with Crippen LogP contribution in [0, 0.1) is 5.82 Å². The lowest BCUT2D eigenvalue weighted by Crippen LogP contribution is -2.32. The quantitative estimate of drug-likeness (QED) is 0.528. The van der Waals surface area contributed by atoms with Gasteiger partial charge < -0.3 is 4.90 Å². The Balaban J connectivity index is 1.43. The van der Waals surface area contributed by atoms with Crippen LogP contribution in [0.25, 0.3) is 0 Å². The zero-order valence-electron chi connectivity index (χ0n) is 17.7. The van der Waals surface area contributed by atoms with Crippen LogP contribution in [0.5, 0.6) is 0 Å². The average molecular weight is 523 g/mol.